The van der Waals surface area contributed by atoms with Crippen molar-refractivity contribution in [3.63, 3.8) is 0 Å². The summed E-state index contributed by atoms with van der Waals surface area (Å²) in [5.41, 5.74) is -1.72. The van der Waals surface area contributed by atoms with Gasteiger partial charge in [0.05, 0.1) is 30.2 Å². The summed E-state index contributed by atoms with van der Waals surface area (Å²) in [5.74, 6) is 1.87. The van der Waals surface area contributed by atoms with E-state index in [4.69, 9.17) is 18.9 Å². The second-order valence-electron chi connectivity index (χ2n) is 18.6. The molecular weight excluding hydrogens is 600 g/mol. The third-order valence-electron chi connectivity index (χ3n) is 15.6. The number of rotatable bonds is 6. The number of ketones is 1. The average molecular weight is 661 g/mol. The molecule has 7 rings (SSSR count). The number of ether oxygens (including phenoxy) is 4. The average Bonchev–Trinajstić information content (AvgIpc) is 3.61. The maximum atomic E-state index is 15.0. The smallest absolute Gasteiger partial charge is 0.186 e. The molecule has 266 valence electrons. The highest BCUT2D eigenvalue weighted by molar-refractivity contribution is 5.93. The van der Waals surface area contributed by atoms with Gasteiger partial charge >= 0.3 is 0 Å². The number of carbonyl (C=O) groups excluding carboxylic acids is 1. The fraction of sp³-hybridized carbons (Fsp3) is 0.921. The van der Waals surface area contributed by atoms with Gasteiger partial charge in [-0.3, -0.25) is 4.79 Å². The Balaban J connectivity index is 1.15. The van der Waals surface area contributed by atoms with E-state index in [-0.39, 0.29) is 52.0 Å². The Hall–Kier alpha value is -1.07. The first kappa shape index (κ1) is 34.4. The number of aliphatic hydroxyl groups is 4. The van der Waals surface area contributed by atoms with Gasteiger partial charge in [-0.15, -0.1) is 0 Å². The van der Waals surface area contributed by atoms with E-state index >= 15 is 0 Å². The Morgan fingerprint density at radius 3 is 2.32 bits per heavy atom. The van der Waals surface area contributed by atoms with Crippen molar-refractivity contribution in [1.82, 2.24) is 0 Å². The molecule has 16 atom stereocenters. The van der Waals surface area contributed by atoms with Crippen LogP contribution in [0.15, 0.2) is 12.3 Å². The second-order valence-corrected chi connectivity index (χ2v) is 18.6. The molecule has 9 nitrogen and oxygen atoms in total. The largest absolute Gasteiger partial charge is 0.490 e. The molecular formula is C38H60O9. The van der Waals surface area contributed by atoms with Crippen LogP contribution in [-0.2, 0) is 23.7 Å². The van der Waals surface area contributed by atoms with Crippen molar-refractivity contribution in [2.24, 2.45) is 50.7 Å². The highest BCUT2D eigenvalue weighted by Crippen LogP contribution is 2.89. The van der Waals surface area contributed by atoms with Crippen LogP contribution >= 0.6 is 0 Å². The summed E-state index contributed by atoms with van der Waals surface area (Å²) in [6.45, 7) is 20.7. The Morgan fingerprint density at radius 2 is 1.66 bits per heavy atom. The lowest BCUT2D eigenvalue weighted by atomic mass is 9.41. The van der Waals surface area contributed by atoms with E-state index in [9.17, 15) is 25.2 Å². The summed E-state index contributed by atoms with van der Waals surface area (Å²) < 4.78 is 25.0. The number of fused-ring (bicyclic) bond motifs is 4. The minimum absolute atomic E-state index is 0.0655. The molecule has 2 heterocycles. The zero-order valence-electron chi connectivity index (χ0n) is 29.8. The predicted octanol–water partition coefficient (Wildman–Crippen LogP) is 4.52. The van der Waals surface area contributed by atoms with Crippen LogP contribution in [0, 0.1) is 50.7 Å². The maximum Gasteiger partial charge on any atom is 0.186 e. The molecule has 7 fully saturated rings. The number of Topliss-reactive ketones (excluding diaryl/α,β-unsaturated/α-hetero) is 1. The van der Waals surface area contributed by atoms with Crippen LogP contribution < -0.4 is 0 Å². The van der Waals surface area contributed by atoms with E-state index < -0.39 is 53.9 Å². The number of aliphatic hydroxyl groups excluding tert-OH is 3. The van der Waals surface area contributed by atoms with E-state index in [2.05, 4.69) is 41.2 Å². The molecule has 4 N–H and O–H groups in total. The Bertz CT molecular complexity index is 1290. The highest BCUT2D eigenvalue weighted by atomic mass is 16.7. The predicted molar refractivity (Wildman–Crippen MR) is 174 cm³/mol. The van der Waals surface area contributed by atoms with Gasteiger partial charge < -0.3 is 39.4 Å². The standard InChI is InChI=1S/C38H60O9/c1-19(2)45-31(34(6,7)43)22-16-20(3)26-29(46-22)30(42)36(9)24-11-10-23-33(4,5)25(47-32-28(41)27(40)21(39)17-44-32)12-13-37(23)18-38(24,37)15-14-35(26,36)8/h20-29,31-32,39-41,43H,1,10-18H2,2-9H3/t20-,21-,22-,23+,24+,25+,26?,27+,28-,29+,31+,32+,35-,36-,37-,38+/m1/s1. The monoisotopic (exact) mass is 660 g/mol. The third kappa shape index (κ3) is 4.48. The zero-order chi connectivity index (χ0) is 34.3. The first-order valence-electron chi connectivity index (χ1n) is 18.3. The van der Waals surface area contributed by atoms with Crippen molar-refractivity contribution in [2.75, 3.05) is 6.61 Å². The Morgan fingerprint density at radius 1 is 1.00 bits per heavy atom. The maximum absolute atomic E-state index is 15.0. The molecule has 2 saturated heterocycles. The number of carbonyl (C=O) groups is 1. The molecule has 1 unspecified atom stereocenters. The number of hydrogen-bond acceptors (Lipinski definition) is 9. The molecule has 0 aromatic rings. The summed E-state index contributed by atoms with van der Waals surface area (Å²) in [6, 6.07) is 0. The fourth-order valence-corrected chi connectivity index (χ4v) is 13.4. The van der Waals surface area contributed by atoms with Crippen LogP contribution in [0.4, 0.5) is 0 Å². The Kier molecular flexibility index (Phi) is 7.84. The molecule has 0 aromatic heterocycles. The van der Waals surface area contributed by atoms with E-state index in [0.717, 1.165) is 51.4 Å². The van der Waals surface area contributed by atoms with Gasteiger partial charge in [-0.2, -0.15) is 0 Å². The van der Waals surface area contributed by atoms with Crippen LogP contribution in [0.2, 0.25) is 0 Å². The summed E-state index contributed by atoms with van der Waals surface area (Å²) in [6.07, 6.45) is 1.56. The van der Waals surface area contributed by atoms with Gasteiger partial charge in [0.15, 0.2) is 18.2 Å². The van der Waals surface area contributed by atoms with E-state index in [1.54, 1.807) is 20.8 Å². The van der Waals surface area contributed by atoms with Crippen LogP contribution in [0.25, 0.3) is 0 Å². The fourth-order valence-electron chi connectivity index (χ4n) is 13.4. The molecule has 0 bridgehead atoms. The normalized spacial score (nSPS) is 53.9. The third-order valence-corrected chi connectivity index (χ3v) is 15.6. The molecule has 0 radical (unpaired) electrons. The lowest BCUT2D eigenvalue weighted by Gasteiger charge is -2.62. The van der Waals surface area contributed by atoms with Crippen molar-refractivity contribution in [1.29, 1.82) is 0 Å². The van der Waals surface area contributed by atoms with Crippen LogP contribution in [0.3, 0.4) is 0 Å². The first-order valence-corrected chi connectivity index (χ1v) is 18.3. The Labute approximate surface area is 280 Å². The summed E-state index contributed by atoms with van der Waals surface area (Å²) >= 11 is 0. The van der Waals surface area contributed by atoms with Gasteiger partial charge in [0.1, 0.15) is 24.4 Å². The van der Waals surface area contributed by atoms with Crippen molar-refractivity contribution >= 4 is 5.78 Å². The van der Waals surface area contributed by atoms with Crippen molar-refractivity contribution in [3.8, 4) is 0 Å². The lowest BCUT2D eigenvalue weighted by molar-refractivity contribution is -0.302. The number of hydrogen-bond donors (Lipinski definition) is 4. The van der Waals surface area contributed by atoms with Gasteiger partial charge in [0.25, 0.3) is 0 Å². The molecule has 5 saturated carbocycles. The molecule has 0 amide bonds. The van der Waals surface area contributed by atoms with Gasteiger partial charge in [-0.05, 0) is 112 Å². The molecule has 2 spiro atoms. The molecule has 0 aromatic carbocycles. The van der Waals surface area contributed by atoms with Gasteiger partial charge in [0.2, 0.25) is 0 Å². The molecule has 7 aliphatic rings. The molecule has 2 aliphatic heterocycles. The van der Waals surface area contributed by atoms with Gasteiger partial charge in [0, 0.05) is 11.3 Å². The first-order chi connectivity index (χ1) is 21.8. The van der Waals surface area contributed by atoms with Gasteiger partial charge in [-0.25, -0.2) is 0 Å². The minimum Gasteiger partial charge on any atom is -0.490 e. The quantitative estimate of drug-likeness (QED) is 0.240. The van der Waals surface area contributed by atoms with Crippen molar-refractivity contribution in [2.45, 2.75) is 161 Å². The SMILES string of the molecule is C=C(C)O[C@@H]([C@H]1C[C@@H](C)C2[C@H](O1)C(=O)[C@@]1(C)[C@@H]3CC[C@H]4C(C)(C)[C@@H](O[C@@H]5OC[C@@H](O)[C@H](O)[C@H]5O)CC[C@@]45C[C@@]35CC[C@]21C)C(C)(C)O. The van der Waals surface area contributed by atoms with E-state index in [0.29, 0.717) is 17.6 Å². The molecule has 47 heavy (non-hydrogen) atoms. The van der Waals surface area contributed by atoms with Crippen LogP contribution in [0.5, 0.6) is 0 Å². The topological polar surface area (TPSA) is 135 Å². The van der Waals surface area contributed by atoms with Gasteiger partial charge in [-0.1, -0.05) is 41.2 Å². The number of allylic oxidation sites excluding steroid dienone is 1. The zero-order valence-corrected chi connectivity index (χ0v) is 29.8. The second kappa shape index (κ2) is 10.7. The summed E-state index contributed by atoms with van der Waals surface area (Å²) in [5, 5.41) is 41.9. The highest BCUT2D eigenvalue weighted by Gasteiger charge is 2.85. The van der Waals surface area contributed by atoms with Crippen molar-refractivity contribution < 1.29 is 44.2 Å². The van der Waals surface area contributed by atoms with E-state index in [1.807, 2.05) is 0 Å². The summed E-state index contributed by atoms with van der Waals surface area (Å²) in [4.78, 5) is 15.0. The van der Waals surface area contributed by atoms with Crippen LogP contribution in [0.1, 0.15) is 107 Å². The summed E-state index contributed by atoms with van der Waals surface area (Å²) in [7, 11) is 0. The molecule has 9 heteroatoms. The van der Waals surface area contributed by atoms with E-state index in [1.165, 1.54) is 0 Å². The minimum atomic E-state index is -1.29. The van der Waals surface area contributed by atoms with Crippen LogP contribution in [-0.4, -0.2) is 87.4 Å². The molecule has 5 aliphatic carbocycles. The van der Waals surface area contributed by atoms with Crippen molar-refractivity contribution in [3.05, 3.63) is 12.3 Å². The lowest BCUT2D eigenvalue weighted by Crippen LogP contribution is -2.60.